The minimum atomic E-state index is 0.696. The number of nitrogens with zero attached hydrogens (tertiary/aromatic N) is 1. The highest BCUT2D eigenvalue weighted by Crippen LogP contribution is 2.20. The van der Waals surface area contributed by atoms with Crippen LogP contribution in [0.1, 0.15) is 12.7 Å². The van der Waals surface area contributed by atoms with Crippen molar-refractivity contribution in [3.05, 3.63) is 29.0 Å². The van der Waals surface area contributed by atoms with Crippen molar-refractivity contribution in [3.8, 4) is 0 Å². The Hall–Kier alpha value is -1.06. The summed E-state index contributed by atoms with van der Waals surface area (Å²) in [4.78, 5) is 7.61. The van der Waals surface area contributed by atoms with Crippen LogP contribution in [0, 0.1) is 0 Å². The van der Waals surface area contributed by atoms with E-state index in [0.29, 0.717) is 5.02 Å². The number of hydrogen-bond acceptors (Lipinski definition) is 2. The SMILES string of the molecule is CCNCc1nc2c(Cl)cccc2[nH]1. The van der Waals surface area contributed by atoms with Gasteiger partial charge in [-0.2, -0.15) is 0 Å². The molecule has 0 aliphatic rings. The van der Waals surface area contributed by atoms with Crippen LogP contribution >= 0.6 is 11.6 Å². The number of imidazole rings is 1. The van der Waals surface area contributed by atoms with Gasteiger partial charge in [-0.3, -0.25) is 0 Å². The van der Waals surface area contributed by atoms with E-state index in [0.717, 1.165) is 29.9 Å². The smallest absolute Gasteiger partial charge is 0.121 e. The zero-order chi connectivity index (χ0) is 9.97. The summed E-state index contributed by atoms with van der Waals surface area (Å²) in [7, 11) is 0. The highest BCUT2D eigenvalue weighted by atomic mass is 35.5. The standard InChI is InChI=1S/C10H12ClN3/c1-2-12-6-9-13-8-5-3-4-7(11)10(8)14-9/h3-5,12H,2,6H2,1H3,(H,13,14). The maximum atomic E-state index is 6.00. The van der Waals surface area contributed by atoms with Crippen LogP contribution in [0.4, 0.5) is 0 Å². The number of aromatic amines is 1. The van der Waals surface area contributed by atoms with E-state index in [2.05, 4.69) is 22.2 Å². The molecular weight excluding hydrogens is 198 g/mol. The number of benzene rings is 1. The molecule has 2 aromatic rings. The molecule has 1 heterocycles. The van der Waals surface area contributed by atoms with Crippen LogP contribution in [0.5, 0.6) is 0 Å². The van der Waals surface area contributed by atoms with E-state index < -0.39 is 0 Å². The van der Waals surface area contributed by atoms with Crippen molar-refractivity contribution in [2.24, 2.45) is 0 Å². The van der Waals surface area contributed by atoms with Crippen LogP contribution < -0.4 is 5.32 Å². The van der Waals surface area contributed by atoms with Crippen molar-refractivity contribution < 1.29 is 0 Å². The third kappa shape index (κ3) is 1.74. The summed E-state index contributed by atoms with van der Waals surface area (Å²) in [6.07, 6.45) is 0. The Morgan fingerprint density at radius 3 is 3.07 bits per heavy atom. The van der Waals surface area contributed by atoms with E-state index in [9.17, 15) is 0 Å². The number of halogens is 1. The van der Waals surface area contributed by atoms with E-state index in [1.54, 1.807) is 0 Å². The fourth-order valence-corrected chi connectivity index (χ4v) is 1.59. The van der Waals surface area contributed by atoms with Crippen molar-refractivity contribution in [3.63, 3.8) is 0 Å². The predicted molar refractivity (Wildman–Crippen MR) is 58.5 cm³/mol. The monoisotopic (exact) mass is 209 g/mol. The van der Waals surface area contributed by atoms with Gasteiger partial charge < -0.3 is 10.3 Å². The van der Waals surface area contributed by atoms with Gasteiger partial charge in [0.2, 0.25) is 0 Å². The number of aromatic nitrogens is 2. The zero-order valence-electron chi connectivity index (χ0n) is 7.97. The molecule has 74 valence electrons. The Labute approximate surface area is 87.5 Å². The van der Waals surface area contributed by atoms with Crippen molar-refractivity contribution >= 4 is 22.6 Å². The van der Waals surface area contributed by atoms with Crippen LogP contribution in [0.3, 0.4) is 0 Å². The summed E-state index contributed by atoms with van der Waals surface area (Å²) in [5, 5.41) is 3.90. The Morgan fingerprint density at radius 2 is 2.36 bits per heavy atom. The highest BCUT2D eigenvalue weighted by Gasteiger charge is 2.04. The van der Waals surface area contributed by atoms with E-state index in [4.69, 9.17) is 11.6 Å². The molecule has 0 aliphatic carbocycles. The first-order valence-electron chi connectivity index (χ1n) is 4.65. The number of H-pyrrole nitrogens is 1. The van der Waals surface area contributed by atoms with Gasteiger partial charge in [0.1, 0.15) is 11.3 Å². The van der Waals surface area contributed by atoms with Gasteiger partial charge in [-0.25, -0.2) is 4.98 Å². The number of para-hydroxylation sites is 1. The Kier molecular flexibility index (Phi) is 2.70. The van der Waals surface area contributed by atoms with E-state index in [-0.39, 0.29) is 0 Å². The molecule has 0 bridgehead atoms. The Morgan fingerprint density at radius 1 is 1.50 bits per heavy atom. The molecule has 0 atom stereocenters. The van der Waals surface area contributed by atoms with Gasteiger partial charge in [0.05, 0.1) is 17.1 Å². The van der Waals surface area contributed by atoms with Gasteiger partial charge in [-0.05, 0) is 18.7 Å². The number of hydrogen-bond donors (Lipinski definition) is 2. The number of rotatable bonds is 3. The molecule has 1 aromatic carbocycles. The molecule has 0 saturated heterocycles. The second-order valence-electron chi connectivity index (χ2n) is 3.10. The summed E-state index contributed by atoms with van der Waals surface area (Å²) in [5.41, 5.74) is 1.84. The van der Waals surface area contributed by atoms with Crippen LogP contribution in [0.25, 0.3) is 11.0 Å². The van der Waals surface area contributed by atoms with Gasteiger partial charge in [-0.1, -0.05) is 24.6 Å². The Bertz CT molecular complexity index is 436. The van der Waals surface area contributed by atoms with E-state index in [1.165, 1.54) is 0 Å². The lowest BCUT2D eigenvalue weighted by molar-refractivity contribution is 0.700. The van der Waals surface area contributed by atoms with Crippen molar-refractivity contribution in [1.82, 2.24) is 15.3 Å². The van der Waals surface area contributed by atoms with Crippen molar-refractivity contribution in [2.45, 2.75) is 13.5 Å². The maximum absolute atomic E-state index is 6.00. The molecule has 0 fully saturated rings. The van der Waals surface area contributed by atoms with Crippen LogP contribution in [-0.4, -0.2) is 16.5 Å². The second kappa shape index (κ2) is 3.98. The van der Waals surface area contributed by atoms with Crippen LogP contribution in [0.2, 0.25) is 5.02 Å². The van der Waals surface area contributed by atoms with E-state index >= 15 is 0 Å². The largest absolute Gasteiger partial charge is 0.341 e. The van der Waals surface area contributed by atoms with Crippen LogP contribution in [0.15, 0.2) is 18.2 Å². The average Bonchev–Trinajstić information content (AvgIpc) is 2.59. The fraction of sp³-hybridized carbons (Fsp3) is 0.300. The third-order valence-corrected chi connectivity index (χ3v) is 2.36. The lowest BCUT2D eigenvalue weighted by Gasteiger charge is -1.94. The molecule has 0 aliphatic heterocycles. The normalized spacial score (nSPS) is 11.0. The lowest BCUT2D eigenvalue weighted by Crippen LogP contribution is -2.12. The van der Waals surface area contributed by atoms with Crippen molar-refractivity contribution in [2.75, 3.05) is 6.54 Å². The third-order valence-electron chi connectivity index (χ3n) is 2.05. The van der Waals surface area contributed by atoms with Gasteiger partial charge >= 0.3 is 0 Å². The quantitative estimate of drug-likeness (QED) is 0.815. The topological polar surface area (TPSA) is 40.7 Å². The highest BCUT2D eigenvalue weighted by molar-refractivity contribution is 6.34. The van der Waals surface area contributed by atoms with Gasteiger partial charge in [0.25, 0.3) is 0 Å². The summed E-state index contributed by atoms with van der Waals surface area (Å²) in [5.74, 6) is 0.926. The summed E-state index contributed by atoms with van der Waals surface area (Å²) < 4.78 is 0. The average molecular weight is 210 g/mol. The van der Waals surface area contributed by atoms with Crippen LogP contribution in [-0.2, 0) is 6.54 Å². The predicted octanol–water partition coefficient (Wildman–Crippen LogP) is 2.33. The summed E-state index contributed by atoms with van der Waals surface area (Å²) in [6.45, 7) is 3.75. The second-order valence-corrected chi connectivity index (χ2v) is 3.51. The molecule has 0 spiro atoms. The molecule has 2 rings (SSSR count). The Balaban J connectivity index is 2.36. The lowest BCUT2D eigenvalue weighted by atomic mass is 10.3. The minimum Gasteiger partial charge on any atom is -0.341 e. The van der Waals surface area contributed by atoms with Gasteiger partial charge in [0.15, 0.2) is 0 Å². The molecule has 3 nitrogen and oxygen atoms in total. The molecule has 1 aromatic heterocycles. The number of fused-ring (bicyclic) bond motifs is 1. The fourth-order valence-electron chi connectivity index (χ4n) is 1.38. The molecule has 4 heteroatoms. The molecule has 0 unspecified atom stereocenters. The van der Waals surface area contributed by atoms with Crippen molar-refractivity contribution in [1.29, 1.82) is 0 Å². The molecule has 14 heavy (non-hydrogen) atoms. The maximum Gasteiger partial charge on any atom is 0.121 e. The van der Waals surface area contributed by atoms with Gasteiger partial charge in [0, 0.05) is 0 Å². The first-order chi connectivity index (χ1) is 6.81. The summed E-state index contributed by atoms with van der Waals surface area (Å²) >= 11 is 6.00. The molecule has 2 N–H and O–H groups in total. The number of nitrogens with one attached hydrogen (secondary N) is 2. The molecular formula is C10H12ClN3. The first kappa shape index (κ1) is 9.49. The molecule has 0 amide bonds. The summed E-state index contributed by atoms with van der Waals surface area (Å²) in [6, 6.07) is 5.74. The first-order valence-corrected chi connectivity index (χ1v) is 5.03. The minimum absolute atomic E-state index is 0.696. The molecule has 0 radical (unpaired) electrons. The zero-order valence-corrected chi connectivity index (χ0v) is 8.73. The molecule has 0 saturated carbocycles. The van der Waals surface area contributed by atoms with Gasteiger partial charge in [-0.15, -0.1) is 0 Å². The van der Waals surface area contributed by atoms with E-state index in [1.807, 2.05) is 18.2 Å².